The predicted molar refractivity (Wildman–Crippen MR) is 104 cm³/mol. The highest BCUT2D eigenvalue weighted by Crippen LogP contribution is 2.31. The summed E-state index contributed by atoms with van der Waals surface area (Å²) < 4.78 is 18.1. The number of rotatable bonds is 6. The van der Waals surface area contributed by atoms with E-state index >= 15 is 0 Å². The Morgan fingerprint density at radius 1 is 1.21 bits per heavy atom. The van der Waals surface area contributed by atoms with E-state index in [1.807, 2.05) is 0 Å². The van der Waals surface area contributed by atoms with Crippen molar-refractivity contribution in [3.8, 4) is 5.75 Å². The summed E-state index contributed by atoms with van der Waals surface area (Å²) in [4.78, 5) is 35.5. The van der Waals surface area contributed by atoms with Crippen LogP contribution >= 0.6 is 0 Å². The summed E-state index contributed by atoms with van der Waals surface area (Å²) in [5.41, 5.74) is 1.41. The fourth-order valence-corrected chi connectivity index (χ4v) is 3.93. The first kappa shape index (κ1) is 19.8. The zero-order valence-electron chi connectivity index (χ0n) is 15.3. The fourth-order valence-electron chi connectivity index (χ4n) is 2.80. The van der Waals surface area contributed by atoms with Gasteiger partial charge >= 0.3 is 5.97 Å². The number of anilines is 1. The standard InChI is InChI=1S/C20H19NO6S/c1-11-19(23)21-16-9-14(6-7-17(16)27-11)18(22)12(2)28(26)10-13-4-3-5-15(8-13)20(24)25/h3-9,11-12H,10H2,1-2H3,(H,21,23)(H,24,25). The van der Waals surface area contributed by atoms with Crippen LogP contribution in [-0.4, -0.2) is 38.3 Å². The molecule has 0 aliphatic carbocycles. The Morgan fingerprint density at radius 2 is 1.96 bits per heavy atom. The van der Waals surface area contributed by atoms with E-state index in [4.69, 9.17) is 9.84 Å². The monoisotopic (exact) mass is 401 g/mol. The van der Waals surface area contributed by atoms with Crippen molar-refractivity contribution in [3.05, 3.63) is 59.2 Å². The first-order valence-corrected chi connectivity index (χ1v) is 9.99. The third-order valence-electron chi connectivity index (χ3n) is 4.44. The maximum absolute atomic E-state index is 12.7. The average Bonchev–Trinajstić information content (AvgIpc) is 2.67. The topological polar surface area (TPSA) is 110 Å². The minimum atomic E-state index is -1.54. The largest absolute Gasteiger partial charge is 0.479 e. The highest BCUT2D eigenvalue weighted by atomic mass is 32.2. The number of fused-ring (bicyclic) bond motifs is 1. The molecule has 1 heterocycles. The van der Waals surface area contributed by atoms with E-state index in [9.17, 15) is 18.6 Å². The minimum Gasteiger partial charge on any atom is -0.479 e. The van der Waals surface area contributed by atoms with Gasteiger partial charge in [0.1, 0.15) is 5.75 Å². The number of ether oxygens (including phenoxy) is 1. The quantitative estimate of drug-likeness (QED) is 0.720. The van der Waals surface area contributed by atoms with Crippen LogP contribution in [0.25, 0.3) is 0 Å². The van der Waals surface area contributed by atoms with Crippen molar-refractivity contribution in [1.82, 2.24) is 0 Å². The highest BCUT2D eigenvalue weighted by Gasteiger charge is 2.27. The molecule has 1 aliphatic heterocycles. The van der Waals surface area contributed by atoms with Crippen molar-refractivity contribution in [1.29, 1.82) is 0 Å². The number of carboxylic acid groups (broad SMARTS) is 1. The van der Waals surface area contributed by atoms with Crippen molar-refractivity contribution in [3.63, 3.8) is 0 Å². The number of carboxylic acids is 1. The molecule has 0 aromatic heterocycles. The van der Waals surface area contributed by atoms with E-state index in [1.54, 1.807) is 38.1 Å². The molecule has 28 heavy (non-hydrogen) atoms. The molecule has 0 fully saturated rings. The number of hydrogen-bond donors (Lipinski definition) is 2. The molecular formula is C20H19NO6S. The Kier molecular flexibility index (Phi) is 5.60. The number of carbonyl (C=O) groups is 3. The number of carbonyl (C=O) groups excluding carboxylic acids is 2. The Balaban J connectivity index is 1.74. The molecule has 146 valence electrons. The number of benzene rings is 2. The van der Waals surface area contributed by atoms with Gasteiger partial charge in [-0.15, -0.1) is 0 Å². The Morgan fingerprint density at radius 3 is 2.68 bits per heavy atom. The van der Waals surface area contributed by atoms with Gasteiger partial charge < -0.3 is 15.2 Å². The zero-order chi connectivity index (χ0) is 20.4. The molecule has 3 atom stereocenters. The lowest BCUT2D eigenvalue weighted by atomic mass is 10.1. The van der Waals surface area contributed by atoms with Gasteiger partial charge in [-0.1, -0.05) is 12.1 Å². The van der Waals surface area contributed by atoms with Gasteiger partial charge in [-0.25, -0.2) is 4.79 Å². The summed E-state index contributed by atoms with van der Waals surface area (Å²) in [6.45, 7) is 3.19. The SMILES string of the molecule is CC1Oc2ccc(C(=O)C(C)S(=O)Cc3cccc(C(=O)O)c3)cc2NC1=O. The first-order valence-electron chi connectivity index (χ1n) is 8.61. The predicted octanol–water partition coefficient (Wildman–Crippen LogP) is 2.62. The van der Waals surface area contributed by atoms with Crippen LogP contribution in [0.2, 0.25) is 0 Å². The normalized spacial score (nSPS) is 17.6. The summed E-state index contributed by atoms with van der Waals surface area (Å²) in [6.07, 6.45) is -0.609. The van der Waals surface area contributed by atoms with Crippen LogP contribution < -0.4 is 10.1 Å². The average molecular weight is 401 g/mol. The van der Waals surface area contributed by atoms with Crippen molar-refractivity contribution in [2.45, 2.75) is 31.0 Å². The van der Waals surface area contributed by atoms with Gasteiger partial charge in [-0.2, -0.15) is 0 Å². The molecule has 1 amide bonds. The number of amides is 1. The van der Waals surface area contributed by atoms with Gasteiger partial charge in [-0.3, -0.25) is 13.8 Å². The van der Waals surface area contributed by atoms with Gasteiger partial charge in [0.2, 0.25) is 0 Å². The molecule has 2 N–H and O–H groups in total. The summed E-state index contributed by atoms with van der Waals surface area (Å²) in [5, 5.41) is 10.9. The highest BCUT2D eigenvalue weighted by molar-refractivity contribution is 7.85. The first-order chi connectivity index (χ1) is 13.3. The number of ketones is 1. The fraction of sp³-hybridized carbons (Fsp3) is 0.250. The van der Waals surface area contributed by atoms with Crippen LogP contribution in [0.1, 0.15) is 40.1 Å². The van der Waals surface area contributed by atoms with Crippen LogP contribution in [0.15, 0.2) is 42.5 Å². The smallest absolute Gasteiger partial charge is 0.335 e. The van der Waals surface area contributed by atoms with Crippen molar-refractivity contribution >= 4 is 34.1 Å². The van der Waals surface area contributed by atoms with E-state index in [2.05, 4.69) is 5.32 Å². The van der Waals surface area contributed by atoms with Crippen molar-refractivity contribution in [2.24, 2.45) is 0 Å². The maximum atomic E-state index is 12.7. The van der Waals surface area contributed by atoms with Gasteiger partial charge in [0, 0.05) is 22.1 Å². The molecule has 0 spiro atoms. The zero-order valence-corrected chi connectivity index (χ0v) is 16.1. The van der Waals surface area contributed by atoms with Crippen molar-refractivity contribution < 1.29 is 28.4 Å². The van der Waals surface area contributed by atoms with E-state index in [1.165, 1.54) is 18.2 Å². The second-order valence-corrected chi connectivity index (χ2v) is 8.25. The Bertz CT molecular complexity index is 986. The van der Waals surface area contributed by atoms with Crippen molar-refractivity contribution in [2.75, 3.05) is 5.32 Å². The van der Waals surface area contributed by atoms with Gasteiger partial charge in [0.05, 0.1) is 16.5 Å². The molecule has 0 radical (unpaired) electrons. The third-order valence-corrected chi connectivity index (χ3v) is 6.06. The molecule has 0 bridgehead atoms. The molecule has 8 heteroatoms. The number of nitrogens with one attached hydrogen (secondary N) is 1. The Labute approximate surface area is 164 Å². The van der Waals surface area contributed by atoms with Crippen LogP contribution in [0, 0.1) is 0 Å². The third kappa shape index (κ3) is 4.12. The maximum Gasteiger partial charge on any atom is 0.335 e. The summed E-state index contributed by atoms with van der Waals surface area (Å²) in [7, 11) is -1.54. The molecular weight excluding hydrogens is 382 g/mol. The number of hydrogen-bond acceptors (Lipinski definition) is 5. The minimum absolute atomic E-state index is 0.0658. The van der Waals surface area contributed by atoms with Gasteiger partial charge in [0.15, 0.2) is 11.9 Å². The molecule has 7 nitrogen and oxygen atoms in total. The summed E-state index contributed by atoms with van der Waals surface area (Å²) in [5.74, 6) is -1.15. The van der Waals surface area contributed by atoms with Gasteiger partial charge in [0.25, 0.3) is 5.91 Å². The molecule has 2 aromatic carbocycles. The lowest BCUT2D eigenvalue weighted by molar-refractivity contribution is -0.122. The molecule has 3 rings (SSSR count). The van der Waals surface area contributed by atoms with E-state index < -0.39 is 28.1 Å². The lowest BCUT2D eigenvalue weighted by Gasteiger charge is -2.23. The van der Waals surface area contributed by atoms with Crippen LogP contribution in [0.3, 0.4) is 0 Å². The van der Waals surface area contributed by atoms with Gasteiger partial charge in [-0.05, 0) is 49.7 Å². The Hall–Kier alpha value is -3.00. The second-order valence-electron chi connectivity index (χ2n) is 6.50. The molecule has 0 saturated heterocycles. The molecule has 3 unspecified atom stereocenters. The number of aromatic carboxylic acids is 1. The van der Waals surface area contributed by atoms with E-state index in [0.717, 1.165) is 0 Å². The van der Waals surface area contributed by atoms with Crippen LogP contribution in [-0.2, 0) is 21.3 Å². The molecule has 1 aliphatic rings. The van der Waals surface area contributed by atoms with Crippen LogP contribution in [0.4, 0.5) is 5.69 Å². The summed E-state index contributed by atoms with van der Waals surface area (Å²) >= 11 is 0. The summed E-state index contributed by atoms with van der Waals surface area (Å²) in [6, 6.07) is 10.8. The second kappa shape index (κ2) is 7.93. The number of Topliss-reactive ketones (excluding diaryl/α,β-unsaturated/α-hetero) is 1. The molecule has 2 aromatic rings. The van der Waals surface area contributed by atoms with E-state index in [-0.39, 0.29) is 23.0 Å². The van der Waals surface area contributed by atoms with E-state index in [0.29, 0.717) is 22.6 Å². The molecule has 0 saturated carbocycles. The lowest BCUT2D eigenvalue weighted by Crippen LogP contribution is -2.34. The van der Waals surface area contributed by atoms with Crippen LogP contribution in [0.5, 0.6) is 5.75 Å².